The Bertz CT molecular complexity index is 171. The molecular formula is C5H5ClO3. The minimum Gasteiger partial charge on any atom is -0.478 e. The SMILES string of the molecule is C/C(=C\C(=O)Cl)C(=O)O. The highest BCUT2D eigenvalue weighted by atomic mass is 35.5. The molecule has 0 bridgehead atoms. The summed E-state index contributed by atoms with van der Waals surface area (Å²) in [5.74, 6) is -1.14. The van der Waals surface area contributed by atoms with E-state index >= 15 is 0 Å². The van der Waals surface area contributed by atoms with Gasteiger partial charge >= 0.3 is 5.97 Å². The Balaban J connectivity index is 4.17. The van der Waals surface area contributed by atoms with Crippen molar-refractivity contribution < 1.29 is 14.7 Å². The van der Waals surface area contributed by atoms with Crippen LogP contribution in [0.5, 0.6) is 0 Å². The summed E-state index contributed by atoms with van der Waals surface area (Å²) in [5, 5.41) is 7.38. The van der Waals surface area contributed by atoms with Crippen LogP contribution in [-0.2, 0) is 9.59 Å². The molecule has 0 aromatic rings. The van der Waals surface area contributed by atoms with Gasteiger partial charge < -0.3 is 5.11 Å². The van der Waals surface area contributed by atoms with Crippen LogP contribution in [0, 0.1) is 0 Å². The lowest BCUT2D eigenvalue weighted by atomic mass is 10.3. The number of carbonyl (C=O) groups excluding carboxylic acids is 1. The molecule has 0 amide bonds. The molecule has 0 aliphatic carbocycles. The molecule has 0 fully saturated rings. The van der Waals surface area contributed by atoms with Crippen molar-refractivity contribution in [2.75, 3.05) is 0 Å². The zero-order chi connectivity index (χ0) is 7.44. The summed E-state index contributed by atoms with van der Waals surface area (Å²) < 4.78 is 0. The quantitative estimate of drug-likeness (QED) is 0.465. The molecular weight excluding hydrogens is 144 g/mol. The van der Waals surface area contributed by atoms with Gasteiger partial charge in [-0.3, -0.25) is 4.79 Å². The van der Waals surface area contributed by atoms with Gasteiger partial charge in [0.05, 0.1) is 0 Å². The largest absolute Gasteiger partial charge is 0.478 e. The average Bonchev–Trinajstić information content (AvgIpc) is 1.63. The molecule has 0 aromatic carbocycles. The summed E-state index contributed by atoms with van der Waals surface area (Å²) in [4.78, 5) is 19.9. The van der Waals surface area contributed by atoms with Crippen LogP contribution in [-0.4, -0.2) is 16.3 Å². The van der Waals surface area contributed by atoms with E-state index in [-0.39, 0.29) is 5.57 Å². The third-order valence-corrected chi connectivity index (χ3v) is 0.776. The van der Waals surface area contributed by atoms with Gasteiger partial charge in [0.25, 0.3) is 0 Å². The molecule has 9 heavy (non-hydrogen) atoms. The Kier molecular flexibility index (Phi) is 2.95. The van der Waals surface area contributed by atoms with E-state index in [4.69, 9.17) is 16.7 Å². The second kappa shape index (κ2) is 3.25. The van der Waals surface area contributed by atoms with Crippen molar-refractivity contribution >= 4 is 22.8 Å². The van der Waals surface area contributed by atoms with Gasteiger partial charge in [-0.15, -0.1) is 0 Å². The second-order valence-corrected chi connectivity index (χ2v) is 1.81. The third kappa shape index (κ3) is 3.73. The van der Waals surface area contributed by atoms with Crippen LogP contribution >= 0.6 is 11.6 Å². The molecule has 0 saturated carbocycles. The molecule has 0 atom stereocenters. The summed E-state index contributed by atoms with van der Waals surface area (Å²) in [7, 11) is 0. The molecule has 0 saturated heterocycles. The number of carbonyl (C=O) groups is 2. The Morgan fingerprint density at radius 1 is 1.56 bits per heavy atom. The van der Waals surface area contributed by atoms with Gasteiger partial charge in [0.2, 0.25) is 5.24 Å². The molecule has 0 spiro atoms. The highest BCUT2D eigenvalue weighted by molar-refractivity contribution is 6.66. The summed E-state index contributed by atoms with van der Waals surface area (Å²) in [5.41, 5.74) is -0.0602. The van der Waals surface area contributed by atoms with E-state index in [1.54, 1.807) is 0 Å². The Morgan fingerprint density at radius 2 is 2.00 bits per heavy atom. The lowest BCUT2D eigenvalue weighted by Gasteiger charge is -1.85. The van der Waals surface area contributed by atoms with Crippen molar-refractivity contribution in [2.24, 2.45) is 0 Å². The van der Waals surface area contributed by atoms with Gasteiger partial charge in [0, 0.05) is 11.6 Å². The van der Waals surface area contributed by atoms with Crippen LogP contribution in [0.15, 0.2) is 11.6 Å². The topological polar surface area (TPSA) is 54.4 Å². The number of carboxylic acids is 1. The minimum absolute atomic E-state index is 0.0602. The summed E-state index contributed by atoms with van der Waals surface area (Å²) >= 11 is 4.84. The molecule has 0 radical (unpaired) electrons. The van der Waals surface area contributed by atoms with E-state index in [1.165, 1.54) is 6.92 Å². The number of hydrogen-bond acceptors (Lipinski definition) is 2. The normalized spacial score (nSPS) is 11.1. The Hall–Kier alpha value is -0.830. The van der Waals surface area contributed by atoms with Crippen molar-refractivity contribution in [1.29, 1.82) is 0 Å². The minimum atomic E-state index is -1.14. The van der Waals surface area contributed by atoms with Crippen molar-refractivity contribution in [3.63, 3.8) is 0 Å². The molecule has 1 N–H and O–H groups in total. The summed E-state index contributed by atoms with van der Waals surface area (Å²) in [6.07, 6.45) is 0.851. The summed E-state index contributed by atoms with van der Waals surface area (Å²) in [6.45, 7) is 1.29. The fourth-order valence-electron chi connectivity index (χ4n) is 0.232. The highest BCUT2D eigenvalue weighted by Gasteiger charge is 2.00. The molecule has 4 heteroatoms. The number of rotatable bonds is 2. The van der Waals surface area contributed by atoms with Crippen molar-refractivity contribution in [3.8, 4) is 0 Å². The number of allylic oxidation sites excluding steroid dienone is 1. The van der Waals surface area contributed by atoms with Gasteiger partial charge in [0.1, 0.15) is 0 Å². The van der Waals surface area contributed by atoms with Crippen LogP contribution in [0.3, 0.4) is 0 Å². The predicted molar refractivity (Wildman–Crippen MR) is 32.3 cm³/mol. The molecule has 50 valence electrons. The molecule has 0 heterocycles. The van der Waals surface area contributed by atoms with E-state index < -0.39 is 11.2 Å². The van der Waals surface area contributed by atoms with Gasteiger partial charge in [-0.1, -0.05) is 0 Å². The van der Waals surface area contributed by atoms with Crippen LogP contribution in [0.4, 0.5) is 0 Å². The summed E-state index contributed by atoms with van der Waals surface area (Å²) in [6, 6.07) is 0. The lowest BCUT2D eigenvalue weighted by molar-refractivity contribution is -0.132. The van der Waals surface area contributed by atoms with Crippen molar-refractivity contribution in [1.82, 2.24) is 0 Å². The van der Waals surface area contributed by atoms with Crippen LogP contribution in [0.2, 0.25) is 0 Å². The van der Waals surface area contributed by atoms with Gasteiger partial charge in [-0.2, -0.15) is 0 Å². The molecule has 0 unspecified atom stereocenters. The predicted octanol–water partition coefficient (Wildman–Crippen LogP) is 0.783. The first-order valence-electron chi connectivity index (χ1n) is 2.15. The smallest absolute Gasteiger partial charge is 0.331 e. The molecule has 3 nitrogen and oxygen atoms in total. The number of halogens is 1. The van der Waals surface area contributed by atoms with Gasteiger partial charge in [-0.05, 0) is 18.5 Å². The van der Waals surface area contributed by atoms with Crippen LogP contribution in [0.1, 0.15) is 6.92 Å². The van der Waals surface area contributed by atoms with Gasteiger partial charge in [0.15, 0.2) is 0 Å². The lowest BCUT2D eigenvalue weighted by Crippen LogP contribution is -1.97. The second-order valence-electron chi connectivity index (χ2n) is 1.44. The highest BCUT2D eigenvalue weighted by Crippen LogP contribution is 1.93. The van der Waals surface area contributed by atoms with Crippen LogP contribution < -0.4 is 0 Å². The molecule has 0 aliphatic rings. The monoisotopic (exact) mass is 148 g/mol. The fourth-order valence-corrected chi connectivity index (χ4v) is 0.396. The standard InChI is InChI=1S/C5H5ClO3/c1-3(5(8)9)2-4(6)7/h2H,1H3,(H,8,9)/b3-2+. The first kappa shape index (κ1) is 8.17. The van der Waals surface area contributed by atoms with Crippen molar-refractivity contribution in [2.45, 2.75) is 6.92 Å². The van der Waals surface area contributed by atoms with E-state index in [1.807, 2.05) is 0 Å². The van der Waals surface area contributed by atoms with E-state index in [9.17, 15) is 9.59 Å². The van der Waals surface area contributed by atoms with E-state index in [2.05, 4.69) is 0 Å². The molecule has 0 aliphatic heterocycles. The molecule has 0 rings (SSSR count). The number of aliphatic carboxylic acids is 1. The first-order valence-corrected chi connectivity index (χ1v) is 2.53. The van der Waals surface area contributed by atoms with Crippen molar-refractivity contribution in [3.05, 3.63) is 11.6 Å². The Morgan fingerprint density at radius 3 is 2.11 bits per heavy atom. The average molecular weight is 149 g/mol. The maximum Gasteiger partial charge on any atom is 0.331 e. The van der Waals surface area contributed by atoms with Crippen LogP contribution in [0.25, 0.3) is 0 Å². The van der Waals surface area contributed by atoms with Gasteiger partial charge in [-0.25, -0.2) is 4.79 Å². The maximum absolute atomic E-state index is 9.98. The van der Waals surface area contributed by atoms with E-state index in [0.29, 0.717) is 0 Å². The molecule has 0 aromatic heterocycles. The zero-order valence-electron chi connectivity index (χ0n) is 4.72. The first-order chi connectivity index (χ1) is 4.04. The Labute approximate surface area is 56.9 Å². The number of carboxylic acid groups (broad SMARTS) is 1. The maximum atomic E-state index is 9.98. The fraction of sp³-hybridized carbons (Fsp3) is 0.200. The zero-order valence-corrected chi connectivity index (χ0v) is 5.47. The third-order valence-electron chi connectivity index (χ3n) is 0.667. The van der Waals surface area contributed by atoms with E-state index in [0.717, 1.165) is 6.08 Å². The number of hydrogen-bond donors (Lipinski definition) is 1.